The zero-order valence-electron chi connectivity index (χ0n) is 12.3. The highest BCUT2D eigenvalue weighted by atomic mass is 16.5. The number of benzene rings is 1. The third-order valence-electron chi connectivity index (χ3n) is 3.41. The Hall–Kier alpha value is -2.04. The summed E-state index contributed by atoms with van der Waals surface area (Å²) in [6.07, 6.45) is 0.569. The van der Waals surface area contributed by atoms with Crippen molar-refractivity contribution < 1.29 is 19.4 Å². The molecule has 0 saturated heterocycles. The minimum absolute atomic E-state index is 0.171. The van der Waals surface area contributed by atoms with Crippen LogP contribution in [0.1, 0.15) is 19.4 Å². The molecule has 0 radical (unpaired) electrons. The summed E-state index contributed by atoms with van der Waals surface area (Å²) >= 11 is 0. The van der Waals surface area contributed by atoms with Crippen molar-refractivity contribution in [3.63, 3.8) is 0 Å². The van der Waals surface area contributed by atoms with E-state index in [4.69, 9.17) is 9.84 Å². The minimum atomic E-state index is -1.00. The fourth-order valence-corrected chi connectivity index (χ4v) is 1.91. The van der Waals surface area contributed by atoms with Gasteiger partial charge in [-0.1, -0.05) is 19.1 Å². The molecule has 0 fully saturated rings. The standard InChI is InChI=1S/C15H21NO4/c1-10(14(17)16(3)11(2)15(18)19)9-12-5-7-13(20-4)8-6-12/h5-8,10-11H,9H2,1-4H3,(H,18,19). The van der Waals surface area contributed by atoms with Gasteiger partial charge in [-0.2, -0.15) is 0 Å². The van der Waals surface area contributed by atoms with E-state index in [1.807, 2.05) is 24.3 Å². The summed E-state index contributed by atoms with van der Waals surface area (Å²) in [5, 5.41) is 8.92. The molecule has 1 N–H and O–H groups in total. The molecule has 0 aromatic heterocycles. The van der Waals surface area contributed by atoms with Crippen LogP contribution in [0.25, 0.3) is 0 Å². The molecule has 2 unspecified atom stereocenters. The van der Waals surface area contributed by atoms with Gasteiger partial charge >= 0.3 is 5.97 Å². The van der Waals surface area contributed by atoms with Crippen LogP contribution in [0.5, 0.6) is 5.75 Å². The van der Waals surface area contributed by atoms with Crippen molar-refractivity contribution in [2.45, 2.75) is 26.3 Å². The first-order valence-electron chi connectivity index (χ1n) is 6.49. The molecule has 5 nitrogen and oxygen atoms in total. The number of ether oxygens (including phenoxy) is 1. The Morgan fingerprint density at radius 2 is 1.80 bits per heavy atom. The molecular formula is C15H21NO4. The normalized spacial score (nSPS) is 13.4. The smallest absolute Gasteiger partial charge is 0.326 e. The first kappa shape index (κ1) is 16.0. The van der Waals surface area contributed by atoms with Crippen LogP contribution in [0.3, 0.4) is 0 Å². The van der Waals surface area contributed by atoms with Crippen LogP contribution in [-0.2, 0) is 16.0 Å². The fraction of sp³-hybridized carbons (Fsp3) is 0.467. The summed E-state index contributed by atoms with van der Waals surface area (Å²) in [6, 6.07) is 6.68. The zero-order chi connectivity index (χ0) is 15.3. The number of hydrogen-bond acceptors (Lipinski definition) is 3. The summed E-state index contributed by atoms with van der Waals surface area (Å²) in [7, 11) is 3.12. The number of amides is 1. The van der Waals surface area contributed by atoms with E-state index in [-0.39, 0.29) is 11.8 Å². The average Bonchev–Trinajstić information content (AvgIpc) is 2.45. The van der Waals surface area contributed by atoms with Gasteiger partial charge in [0.15, 0.2) is 0 Å². The van der Waals surface area contributed by atoms with Crippen LogP contribution in [0.4, 0.5) is 0 Å². The van der Waals surface area contributed by atoms with E-state index in [0.29, 0.717) is 6.42 Å². The number of carboxylic acids is 1. The predicted molar refractivity (Wildman–Crippen MR) is 75.7 cm³/mol. The van der Waals surface area contributed by atoms with E-state index in [1.165, 1.54) is 18.9 Å². The molecule has 0 heterocycles. The van der Waals surface area contributed by atoms with Crippen molar-refractivity contribution in [1.82, 2.24) is 4.90 Å². The van der Waals surface area contributed by atoms with Gasteiger partial charge in [0.2, 0.25) is 5.91 Å². The van der Waals surface area contributed by atoms with Crippen molar-refractivity contribution in [2.24, 2.45) is 5.92 Å². The van der Waals surface area contributed by atoms with Crippen LogP contribution in [0, 0.1) is 5.92 Å². The van der Waals surface area contributed by atoms with Crippen molar-refractivity contribution in [1.29, 1.82) is 0 Å². The van der Waals surface area contributed by atoms with Crippen LogP contribution >= 0.6 is 0 Å². The third-order valence-corrected chi connectivity index (χ3v) is 3.41. The van der Waals surface area contributed by atoms with E-state index < -0.39 is 12.0 Å². The second-order valence-corrected chi connectivity index (χ2v) is 4.92. The maximum Gasteiger partial charge on any atom is 0.326 e. The maximum absolute atomic E-state index is 12.2. The van der Waals surface area contributed by atoms with Crippen molar-refractivity contribution in [3.8, 4) is 5.75 Å². The Morgan fingerprint density at radius 1 is 1.25 bits per heavy atom. The summed E-state index contributed by atoms with van der Waals surface area (Å²) < 4.78 is 5.08. The van der Waals surface area contributed by atoms with Gasteiger partial charge in [0.25, 0.3) is 0 Å². The predicted octanol–water partition coefficient (Wildman–Crippen LogP) is 1.81. The Kier molecular flexibility index (Phi) is 5.55. The number of aliphatic carboxylic acids is 1. The lowest BCUT2D eigenvalue weighted by molar-refractivity contribution is -0.149. The molecule has 20 heavy (non-hydrogen) atoms. The molecule has 0 saturated carbocycles. The number of carbonyl (C=O) groups is 2. The largest absolute Gasteiger partial charge is 0.497 e. The van der Waals surface area contributed by atoms with E-state index in [1.54, 1.807) is 14.0 Å². The molecule has 1 aromatic rings. The molecule has 1 aromatic carbocycles. The van der Waals surface area contributed by atoms with Crippen LogP contribution in [-0.4, -0.2) is 42.1 Å². The van der Waals surface area contributed by atoms with Gasteiger partial charge in [-0.3, -0.25) is 4.79 Å². The van der Waals surface area contributed by atoms with Gasteiger partial charge in [-0.25, -0.2) is 4.79 Å². The highest BCUT2D eigenvalue weighted by Gasteiger charge is 2.25. The van der Waals surface area contributed by atoms with Crippen LogP contribution in [0.15, 0.2) is 24.3 Å². The zero-order valence-corrected chi connectivity index (χ0v) is 12.3. The number of methoxy groups -OCH3 is 1. The molecule has 0 aliphatic carbocycles. The summed E-state index contributed by atoms with van der Waals surface area (Å²) in [5.74, 6) is -0.673. The van der Waals surface area contributed by atoms with Crippen LogP contribution < -0.4 is 4.74 Å². The third kappa shape index (κ3) is 3.98. The first-order chi connectivity index (χ1) is 9.36. The lowest BCUT2D eigenvalue weighted by Crippen LogP contribution is -2.43. The van der Waals surface area contributed by atoms with Crippen LogP contribution in [0.2, 0.25) is 0 Å². The lowest BCUT2D eigenvalue weighted by atomic mass is 9.99. The van der Waals surface area contributed by atoms with Gasteiger partial charge in [-0.15, -0.1) is 0 Å². The SMILES string of the molecule is COc1ccc(CC(C)C(=O)N(C)C(C)C(=O)O)cc1. The van der Waals surface area contributed by atoms with Crippen molar-refractivity contribution in [2.75, 3.05) is 14.2 Å². The second-order valence-electron chi connectivity index (χ2n) is 4.92. The second kappa shape index (κ2) is 6.93. The Bertz CT molecular complexity index is 469. The van der Waals surface area contributed by atoms with E-state index in [2.05, 4.69) is 0 Å². The summed E-state index contributed by atoms with van der Waals surface area (Å²) in [6.45, 7) is 3.30. The molecule has 0 aliphatic rings. The van der Waals surface area contributed by atoms with E-state index >= 15 is 0 Å². The highest BCUT2D eigenvalue weighted by molar-refractivity contribution is 5.84. The molecule has 0 bridgehead atoms. The van der Waals surface area contributed by atoms with Gasteiger partial charge in [0.05, 0.1) is 7.11 Å². The number of carbonyl (C=O) groups excluding carboxylic acids is 1. The van der Waals surface area contributed by atoms with Gasteiger partial charge in [0.1, 0.15) is 11.8 Å². The Balaban J connectivity index is 2.67. The van der Waals surface area contributed by atoms with Gasteiger partial charge in [0, 0.05) is 13.0 Å². The molecule has 2 atom stereocenters. The molecule has 0 spiro atoms. The van der Waals surface area contributed by atoms with Crippen molar-refractivity contribution in [3.05, 3.63) is 29.8 Å². The number of carboxylic acid groups (broad SMARTS) is 1. The summed E-state index contributed by atoms with van der Waals surface area (Å²) in [5.41, 5.74) is 1.02. The number of nitrogens with zero attached hydrogens (tertiary/aromatic N) is 1. The fourth-order valence-electron chi connectivity index (χ4n) is 1.91. The molecule has 1 rings (SSSR count). The highest BCUT2D eigenvalue weighted by Crippen LogP contribution is 2.16. The minimum Gasteiger partial charge on any atom is -0.497 e. The van der Waals surface area contributed by atoms with Gasteiger partial charge < -0.3 is 14.7 Å². The van der Waals surface area contributed by atoms with E-state index in [9.17, 15) is 9.59 Å². The number of hydrogen-bond donors (Lipinski definition) is 1. The first-order valence-corrected chi connectivity index (χ1v) is 6.49. The lowest BCUT2D eigenvalue weighted by Gasteiger charge is -2.25. The molecule has 5 heteroatoms. The Labute approximate surface area is 119 Å². The number of rotatable bonds is 6. The topological polar surface area (TPSA) is 66.8 Å². The molecule has 1 amide bonds. The molecule has 0 aliphatic heterocycles. The maximum atomic E-state index is 12.2. The average molecular weight is 279 g/mol. The number of likely N-dealkylation sites (N-methyl/N-ethyl adjacent to an activating group) is 1. The monoisotopic (exact) mass is 279 g/mol. The van der Waals surface area contributed by atoms with Gasteiger partial charge in [-0.05, 0) is 31.0 Å². The summed E-state index contributed by atoms with van der Waals surface area (Å²) in [4.78, 5) is 24.3. The quantitative estimate of drug-likeness (QED) is 0.862. The van der Waals surface area contributed by atoms with Crippen molar-refractivity contribution >= 4 is 11.9 Å². The van der Waals surface area contributed by atoms with E-state index in [0.717, 1.165) is 11.3 Å². The molecule has 110 valence electrons. The molecular weight excluding hydrogens is 258 g/mol. The Morgan fingerprint density at radius 3 is 2.25 bits per heavy atom.